The Morgan fingerprint density at radius 3 is 1.33 bits per heavy atom. The lowest BCUT2D eigenvalue weighted by Crippen LogP contribution is -2.39. The summed E-state index contributed by atoms with van der Waals surface area (Å²) in [6, 6.07) is 24.1. The molecule has 0 atom stereocenters. The largest absolute Gasteiger partial charge is 0.496 e. The van der Waals surface area contributed by atoms with Crippen LogP contribution in [-0.2, 0) is 0 Å². The van der Waals surface area contributed by atoms with Crippen molar-refractivity contribution in [2.24, 2.45) is 0 Å². The van der Waals surface area contributed by atoms with Crippen molar-refractivity contribution < 1.29 is 9.47 Å². The Hall–Kier alpha value is -3.73. The first-order valence-corrected chi connectivity index (χ1v) is 9.74. The lowest BCUT2D eigenvalue weighted by atomic mass is 10.1. The lowest BCUT2D eigenvalue weighted by molar-refractivity contribution is 0.420. The SMILES string of the molecule is COc1ccc(N(C)C(=N)N(C)c2ccc(OC)c3ccccc23)c2ccccc12. The number of benzene rings is 4. The molecule has 0 aromatic heterocycles. The number of anilines is 2. The Kier molecular flexibility index (Phi) is 5.19. The van der Waals surface area contributed by atoms with E-state index in [4.69, 9.17) is 14.9 Å². The van der Waals surface area contributed by atoms with Crippen LogP contribution in [-0.4, -0.2) is 34.3 Å². The molecule has 4 aromatic carbocycles. The molecule has 0 unspecified atom stereocenters. The van der Waals surface area contributed by atoms with Crippen LogP contribution in [0.4, 0.5) is 11.4 Å². The fourth-order valence-electron chi connectivity index (χ4n) is 3.91. The summed E-state index contributed by atoms with van der Waals surface area (Å²) in [6.07, 6.45) is 0. The van der Waals surface area contributed by atoms with E-state index in [1.54, 1.807) is 14.2 Å². The number of fused-ring (bicyclic) bond motifs is 2. The molecule has 0 saturated carbocycles. The zero-order valence-corrected chi connectivity index (χ0v) is 17.6. The smallest absolute Gasteiger partial charge is 0.202 e. The minimum Gasteiger partial charge on any atom is -0.496 e. The van der Waals surface area contributed by atoms with Gasteiger partial charge < -0.3 is 19.3 Å². The van der Waals surface area contributed by atoms with Gasteiger partial charge in [0.05, 0.1) is 25.6 Å². The van der Waals surface area contributed by atoms with Crippen molar-refractivity contribution in [3.8, 4) is 11.5 Å². The fourth-order valence-corrected chi connectivity index (χ4v) is 3.91. The van der Waals surface area contributed by atoms with Crippen LogP contribution in [0.15, 0.2) is 72.8 Å². The fraction of sp³-hybridized carbons (Fsp3) is 0.160. The van der Waals surface area contributed by atoms with E-state index >= 15 is 0 Å². The highest BCUT2D eigenvalue weighted by atomic mass is 16.5. The van der Waals surface area contributed by atoms with Gasteiger partial charge in [0.15, 0.2) is 0 Å². The number of nitrogens with one attached hydrogen (secondary N) is 1. The first-order chi connectivity index (χ1) is 14.6. The van der Waals surface area contributed by atoms with Crippen molar-refractivity contribution >= 4 is 38.9 Å². The Balaban J connectivity index is 1.76. The topological polar surface area (TPSA) is 48.8 Å². The van der Waals surface area contributed by atoms with Crippen LogP contribution in [0.1, 0.15) is 0 Å². The van der Waals surface area contributed by atoms with Gasteiger partial charge in [0.25, 0.3) is 0 Å². The molecule has 5 heteroatoms. The summed E-state index contributed by atoms with van der Waals surface area (Å²) in [6.45, 7) is 0. The summed E-state index contributed by atoms with van der Waals surface area (Å²) < 4.78 is 11.0. The van der Waals surface area contributed by atoms with E-state index < -0.39 is 0 Å². The van der Waals surface area contributed by atoms with E-state index in [0.717, 1.165) is 44.4 Å². The Bertz CT molecular complexity index is 1140. The van der Waals surface area contributed by atoms with Crippen molar-refractivity contribution in [3.05, 3.63) is 72.8 Å². The molecule has 0 spiro atoms. The Morgan fingerprint density at radius 1 is 0.600 bits per heavy atom. The maximum Gasteiger partial charge on any atom is 0.202 e. The second-order valence-electron chi connectivity index (χ2n) is 7.11. The van der Waals surface area contributed by atoms with Crippen LogP contribution in [0.2, 0.25) is 0 Å². The average Bonchev–Trinajstić information content (AvgIpc) is 2.81. The van der Waals surface area contributed by atoms with Crippen LogP contribution in [0.3, 0.4) is 0 Å². The van der Waals surface area contributed by atoms with Gasteiger partial charge in [-0.15, -0.1) is 0 Å². The molecule has 1 N–H and O–H groups in total. The number of hydrogen-bond donors (Lipinski definition) is 1. The van der Waals surface area contributed by atoms with Gasteiger partial charge in [-0.25, -0.2) is 0 Å². The first kappa shape index (κ1) is 19.6. The van der Waals surface area contributed by atoms with Crippen molar-refractivity contribution in [1.82, 2.24) is 0 Å². The van der Waals surface area contributed by atoms with Crippen LogP contribution in [0, 0.1) is 5.41 Å². The molecule has 5 nitrogen and oxygen atoms in total. The summed E-state index contributed by atoms with van der Waals surface area (Å²) in [4.78, 5) is 3.78. The van der Waals surface area contributed by atoms with Crippen molar-refractivity contribution in [2.75, 3.05) is 38.1 Å². The second-order valence-corrected chi connectivity index (χ2v) is 7.11. The number of rotatable bonds is 4. The summed E-state index contributed by atoms with van der Waals surface area (Å²) >= 11 is 0. The maximum absolute atomic E-state index is 8.91. The molecule has 0 aliphatic heterocycles. The summed E-state index contributed by atoms with van der Waals surface area (Å²) in [5.41, 5.74) is 1.89. The minimum atomic E-state index is 0.362. The molecule has 0 radical (unpaired) electrons. The van der Waals surface area contributed by atoms with Crippen LogP contribution >= 0.6 is 0 Å². The van der Waals surface area contributed by atoms with Crippen LogP contribution in [0.5, 0.6) is 11.5 Å². The zero-order chi connectivity index (χ0) is 21.3. The minimum absolute atomic E-state index is 0.362. The van der Waals surface area contributed by atoms with Gasteiger partial charge in [0.2, 0.25) is 5.96 Å². The van der Waals surface area contributed by atoms with E-state index in [1.165, 1.54) is 0 Å². The third kappa shape index (κ3) is 3.18. The molecule has 0 fully saturated rings. The van der Waals surface area contributed by atoms with Gasteiger partial charge in [0, 0.05) is 35.6 Å². The average molecular weight is 399 g/mol. The number of methoxy groups -OCH3 is 2. The summed E-state index contributed by atoms with van der Waals surface area (Å²) in [7, 11) is 7.18. The van der Waals surface area contributed by atoms with Gasteiger partial charge in [-0.05, 0) is 24.3 Å². The monoisotopic (exact) mass is 399 g/mol. The van der Waals surface area contributed by atoms with E-state index in [9.17, 15) is 0 Å². The predicted octanol–water partition coefficient (Wildman–Crippen LogP) is 5.52. The van der Waals surface area contributed by atoms with Gasteiger partial charge in [-0.2, -0.15) is 0 Å². The third-order valence-corrected chi connectivity index (χ3v) is 5.52. The molecule has 0 aliphatic rings. The first-order valence-electron chi connectivity index (χ1n) is 9.74. The van der Waals surface area contributed by atoms with Crippen molar-refractivity contribution in [3.63, 3.8) is 0 Å². The molecule has 0 bridgehead atoms. The molecule has 30 heavy (non-hydrogen) atoms. The number of ether oxygens (including phenoxy) is 2. The van der Waals surface area contributed by atoms with Crippen LogP contribution in [0.25, 0.3) is 21.5 Å². The standard InChI is InChI=1S/C25H25N3O2/c1-27(21-13-15-23(29-3)19-11-7-5-9-17(19)21)25(26)28(2)22-14-16-24(30-4)20-12-8-6-10-18(20)22/h5-16,26H,1-4H3. The van der Waals surface area contributed by atoms with Gasteiger partial charge >= 0.3 is 0 Å². The number of guanidine groups is 1. The van der Waals surface area contributed by atoms with E-state index in [-0.39, 0.29) is 0 Å². The number of nitrogens with zero attached hydrogens (tertiary/aromatic N) is 2. The van der Waals surface area contributed by atoms with Gasteiger partial charge in [0.1, 0.15) is 11.5 Å². The highest BCUT2D eigenvalue weighted by Gasteiger charge is 2.19. The van der Waals surface area contributed by atoms with E-state index in [2.05, 4.69) is 12.1 Å². The second kappa shape index (κ2) is 7.95. The lowest BCUT2D eigenvalue weighted by Gasteiger charge is -2.30. The van der Waals surface area contributed by atoms with Gasteiger partial charge in [-0.3, -0.25) is 5.41 Å². The predicted molar refractivity (Wildman–Crippen MR) is 126 cm³/mol. The van der Waals surface area contributed by atoms with Crippen LogP contribution < -0.4 is 19.3 Å². The highest BCUT2D eigenvalue weighted by molar-refractivity contribution is 6.13. The molecule has 4 aromatic rings. The molecule has 4 rings (SSSR count). The summed E-state index contributed by atoms with van der Waals surface area (Å²) in [5, 5.41) is 13.0. The normalized spacial score (nSPS) is 10.8. The molecular weight excluding hydrogens is 374 g/mol. The molecule has 152 valence electrons. The molecule has 0 heterocycles. The van der Waals surface area contributed by atoms with Gasteiger partial charge in [-0.1, -0.05) is 48.5 Å². The molecule has 0 saturated heterocycles. The Labute approximate surface area is 176 Å². The molecular formula is C25H25N3O2. The van der Waals surface area contributed by atoms with E-state index in [1.807, 2.05) is 84.6 Å². The summed E-state index contributed by atoms with van der Waals surface area (Å²) in [5.74, 6) is 2.01. The zero-order valence-electron chi connectivity index (χ0n) is 17.6. The quantitative estimate of drug-likeness (QED) is 0.363. The van der Waals surface area contributed by atoms with Crippen molar-refractivity contribution in [1.29, 1.82) is 5.41 Å². The van der Waals surface area contributed by atoms with E-state index in [0.29, 0.717) is 5.96 Å². The highest BCUT2D eigenvalue weighted by Crippen LogP contribution is 2.36. The third-order valence-electron chi connectivity index (χ3n) is 5.52. The number of hydrogen-bond acceptors (Lipinski definition) is 3. The molecule has 0 aliphatic carbocycles. The maximum atomic E-state index is 8.91. The molecule has 0 amide bonds. The Morgan fingerprint density at radius 2 is 0.967 bits per heavy atom. The van der Waals surface area contributed by atoms with Crippen molar-refractivity contribution in [2.45, 2.75) is 0 Å².